The number of aromatic nitrogens is 4. The second-order valence-corrected chi connectivity index (χ2v) is 9.45. The van der Waals surface area contributed by atoms with E-state index in [2.05, 4.69) is 20.4 Å². The Kier molecular flexibility index (Phi) is 7.86. The van der Waals surface area contributed by atoms with Crippen LogP contribution in [0.25, 0.3) is 10.9 Å². The fourth-order valence-electron chi connectivity index (χ4n) is 3.91. The van der Waals surface area contributed by atoms with Crippen molar-refractivity contribution < 1.29 is 32.5 Å². The van der Waals surface area contributed by atoms with Gasteiger partial charge in [0, 0.05) is 30.6 Å². The van der Waals surface area contributed by atoms with Crippen LogP contribution in [-0.2, 0) is 19.5 Å². The Morgan fingerprint density at radius 1 is 1.08 bits per heavy atom. The maximum Gasteiger partial charge on any atom is 0.303 e. The zero-order valence-corrected chi connectivity index (χ0v) is 22.3. The molecule has 0 aliphatic rings. The number of hydrogen-bond donors (Lipinski definition) is 2. The van der Waals surface area contributed by atoms with E-state index in [-0.39, 0.29) is 25.3 Å². The number of nitrogens with one attached hydrogen (secondary N) is 1. The number of rotatable bonds is 11. The molecule has 0 amide bonds. The summed E-state index contributed by atoms with van der Waals surface area (Å²) in [5.74, 6) is -2.64. The molecule has 2 aromatic carbocycles. The normalized spacial score (nSPS) is 12.0. The van der Waals surface area contributed by atoms with Gasteiger partial charge in [-0.3, -0.25) is 4.68 Å². The highest BCUT2D eigenvalue weighted by molar-refractivity contribution is 5.91. The number of methoxy groups -OCH3 is 1. The number of benzene rings is 2. The van der Waals surface area contributed by atoms with Crippen molar-refractivity contribution >= 4 is 16.7 Å². The molecule has 0 radical (unpaired) electrons. The van der Waals surface area contributed by atoms with Crippen LogP contribution in [0.15, 0.2) is 42.7 Å². The lowest BCUT2D eigenvalue weighted by molar-refractivity contribution is -0.170. The molecule has 2 N–H and O–H groups in total. The Bertz CT molecular complexity index is 1470. The van der Waals surface area contributed by atoms with E-state index in [0.29, 0.717) is 39.8 Å². The van der Waals surface area contributed by atoms with Gasteiger partial charge in [0.2, 0.25) is 0 Å². The highest BCUT2D eigenvalue weighted by Gasteiger charge is 2.49. The zero-order chi connectivity index (χ0) is 28.4. The van der Waals surface area contributed by atoms with Crippen molar-refractivity contribution in [2.45, 2.75) is 38.8 Å². The van der Waals surface area contributed by atoms with Crippen LogP contribution in [0.5, 0.6) is 17.2 Å². The summed E-state index contributed by atoms with van der Waals surface area (Å²) >= 11 is 0. The summed E-state index contributed by atoms with van der Waals surface area (Å²) in [6.45, 7) is 3.89. The number of aryl methyl sites for hydroxylation is 2. The molecule has 12 heteroatoms. The average molecular weight is 546 g/mol. The summed E-state index contributed by atoms with van der Waals surface area (Å²) in [6.07, 6.45) is 3.33. The lowest BCUT2D eigenvalue weighted by Gasteiger charge is -2.30. The number of nitrogens with zero attached hydrogens (tertiary/aromatic N) is 4. The molecule has 0 spiro atoms. The Morgan fingerprint density at radius 2 is 1.82 bits per heavy atom. The fourth-order valence-corrected chi connectivity index (χ4v) is 3.91. The minimum Gasteiger partial charge on any atom is -0.493 e. The van der Waals surface area contributed by atoms with Gasteiger partial charge in [0.1, 0.15) is 36.3 Å². The summed E-state index contributed by atoms with van der Waals surface area (Å²) in [7, 11) is 3.29. The standard InChI is InChI=1S/C27H30F3N5O4/c1-16-33-21-12-22(37-5)23(39-10-9-38-18-14-32-35(4)15-18)11-19(21)25(34-16)31-13-17-7-6-8-20(24(17)28)27(29,30)26(2,3)36/h6-8,11-12,14-15,36H,9-10,13H2,1-5H3,(H,31,33,34). The van der Waals surface area contributed by atoms with Crippen LogP contribution in [0, 0.1) is 12.7 Å². The highest BCUT2D eigenvalue weighted by Crippen LogP contribution is 2.40. The number of anilines is 1. The van der Waals surface area contributed by atoms with Crippen LogP contribution in [0.2, 0.25) is 0 Å². The smallest absolute Gasteiger partial charge is 0.303 e. The monoisotopic (exact) mass is 545 g/mol. The molecule has 4 rings (SSSR count). The molecule has 0 saturated heterocycles. The molecular weight excluding hydrogens is 515 g/mol. The molecule has 39 heavy (non-hydrogen) atoms. The molecule has 0 aliphatic carbocycles. The maximum atomic E-state index is 15.1. The molecular formula is C27H30F3N5O4. The average Bonchev–Trinajstić information content (AvgIpc) is 3.29. The number of alkyl halides is 2. The van der Waals surface area contributed by atoms with Gasteiger partial charge in [-0.05, 0) is 32.9 Å². The summed E-state index contributed by atoms with van der Waals surface area (Å²) in [5, 5.41) is 17.5. The number of ether oxygens (including phenoxy) is 3. The largest absolute Gasteiger partial charge is 0.493 e. The first-order valence-electron chi connectivity index (χ1n) is 12.1. The lowest BCUT2D eigenvalue weighted by atomic mass is 9.92. The van der Waals surface area contributed by atoms with Gasteiger partial charge < -0.3 is 24.6 Å². The number of fused-ring (bicyclic) bond motifs is 1. The van der Waals surface area contributed by atoms with E-state index >= 15 is 4.39 Å². The summed E-state index contributed by atoms with van der Waals surface area (Å²) in [5.41, 5.74) is -2.80. The SMILES string of the molecule is COc1cc2nc(C)nc(NCc3cccc(C(F)(F)C(C)(C)O)c3F)c2cc1OCCOc1cnn(C)c1. The Balaban J connectivity index is 1.57. The van der Waals surface area contributed by atoms with E-state index in [9.17, 15) is 13.9 Å². The van der Waals surface area contributed by atoms with Crippen molar-refractivity contribution in [3.8, 4) is 17.2 Å². The minimum atomic E-state index is -3.80. The first-order chi connectivity index (χ1) is 18.4. The molecule has 4 aromatic rings. The number of hydrogen-bond acceptors (Lipinski definition) is 8. The van der Waals surface area contributed by atoms with Crippen LogP contribution in [0.4, 0.5) is 19.0 Å². The molecule has 2 aromatic heterocycles. The molecule has 0 fully saturated rings. The van der Waals surface area contributed by atoms with Gasteiger partial charge in [-0.1, -0.05) is 12.1 Å². The number of aliphatic hydroxyl groups is 1. The molecule has 9 nitrogen and oxygen atoms in total. The van der Waals surface area contributed by atoms with Gasteiger partial charge in [0.05, 0.1) is 30.6 Å². The Hall–Kier alpha value is -4.06. The molecule has 0 unspecified atom stereocenters. The molecule has 0 saturated carbocycles. The van der Waals surface area contributed by atoms with E-state index in [4.69, 9.17) is 14.2 Å². The summed E-state index contributed by atoms with van der Waals surface area (Å²) in [4.78, 5) is 8.88. The second kappa shape index (κ2) is 11.0. The zero-order valence-electron chi connectivity index (χ0n) is 22.3. The second-order valence-electron chi connectivity index (χ2n) is 9.45. The number of halogens is 3. The van der Waals surface area contributed by atoms with Gasteiger partial charge >= 0.3 is 5.92 Å². The van der Waals surface area contributed by atoms with E-state index in [1.54, 1.807) is 43.2 Å². The molecule has 0 bridgehead atoms. The Morgan fingerprint density at radius 3 is 2.49 bits per heavy atom. The van der Waals surface area contributed by atoms with Crippen molar-refractivity contribution in [3.63, 3.8) is 0 Å². The molecule has 208 valence electrons. The fraction of sp³-hybridized carbons (Fsp3) is 0.370. The highest BCUT2D eigenvalue weighted by atomic mass is 19.3. The van der Waals surface area contributed by atoms with E-state index in [0.717, 1.165) is 19.9 Å². The van der Waals surface area contributed by atoms with Crippen LogP contribution in [0.1, 0.15) is 30.8 Å². The van der Waals surface area contributed by atoms with Gasteiger partial charge in [-0.15, -0.1) is 0 Å². The van der Waals surface area contributed by atoms with Crippen LogP contribution in [0.3, 0.4) is 0 Å². The summed E-state index contributed by atoms with van der Waals surface area (Å²) in [6, 6.07) is 7.06. The molecule has 0 aliphatic heterocycles. The van der Waals surface area contributed by atoms with Gasteiger partial charge in [-0.2, -0.15) is 13.9 Å². The molecule has 0 atom stereocenters. The van der Waals surface area contributed by atoms with Crippen molar-refractivity contribution in [2.24, 2.45) is 7.05 Å². The minimum absolute atomic E-state index is 0.0154. The van der Waals surface area contributed by atoms with E-state index < -0.39 is 22.9 Å². The predicted molar refractivity (Wildman–Crippen MR) is 139 cm³/mol. The van der Waals surface area contributed by atoms with Gasteiger partial charge in [0.15, 0.2) is 17.2 Å². The third-order valence-electron chi connectivity index (χ3n) is 6.02. The first-order valence-corrected chi connectivity index (χ1v) is 12.1. The third-order valence-corrected chi connectivity index (χ3v) is 6.02. The van der Waals surface area contributed by atoms with Crippen molar-refractivity contribution in [1.29, 1.82) is 0 Å². The van der Waals surface area contributed by atoms with Crippen LogP contribution >= 0.6 is 0 Å². The first kappa shape index (κ1) is 28.0. The Labute approximate surface area is 223 Å². The van der Waals surface area contributed by atoms with Crippen LogP contribution in [-0.4, -0.2) is 50.8 Å². The molecule has 2 heterocycles. The van der Waals surface area contributed by atoms with E-state index in [1.807, 2.05) is 0 Å². The predicted octanol–water partition coefficient (Wildman–Crippen LogP) is 4.75. The summed E-state index contributed by atoms with van der Waals surface area (Å²) < 4.78 is 63.1. The lowest BCUT2D eigenvalue weighted by Crippen LogP contribution is -2.41. The van der Waals surface area contributed by atoms with E-state index in [1.165, 1.54) is 19.2 Å². The topological polar surface area (TPSA) is 104 Å². The van der Waals surface area contributed by atoms with Gasteiger partial charge in [0.25, 0.3) is 0 Å². The van der Waals surface area contributed by atoms with Crippen molar-refractivity contribution in [1.82, 2.24) is 19.7 Å². The quantitative estimate of drug-likeness (QED) is 0.260. The van der Waals surface area contributed by atoms with Gasteiger partial charge in [-0.25, -0.2) is 14.4 Å². The maximum absolute atomic E-state index is 15.1. The van der Waals surface area contributed by atoms with Crippen molar-refractivity contribution in [2.75, 3.05) is 25.6 Å². The van der Waals surface area contributed by atoms with Crippen molar-refractivity contribution in [3.05, 3.63) is 65.5 Å². The third kappa shape index (κ3) is 6.00. The van der Waals surface area contributed by atoms with Crippen LogP contribution < -0.4 is 19.5 Å².